The second kappa shape index (κ2) is 5.16. The van der Waals surface area contributed by atoms with Crippen LogP contribution in [-0.4, -0.2) is 47.2 Å². The summed E-state index contributed by atoms with van der Waals surface area (Å²) in [7, 11) is 0. The maximum Gasteiger partial charge on any atom is 0.317 e. The summed E-state index contributed by atoms with van der Waals surface area (Å²) in [5.41, 5.74) is 5.69. The number of nitrogens with zero attached hydrogens (tertiary/aromatic N) is 1. The maximum atomic E-state index is 11.7. The molecule has 1 fully saturated rings. The zero-order valence-electron chi connectivity index (χ0n) is 9.64. The highest BCUT2D eigenvalue weighted by Gasteiger charge is 2.27. The number of hydrogen-bond acceptors (Lipinski definition) is 3. The first-order valence-corrected chi connectivity index (χ1v) is 5.45. The van der Waals surface area contributed by atoms with Crippen LogP contribution in [0.4, 0.5) is 4.79 Å². The maximum absolute atomic E-state index is 11.7. The molecule has 4 N–H and O–H groups in total. The van der Waals surface area contributed by atoms with Crippen LogP contribution in [0.15, 0.2) is 0 Å². The molecule has 0 aromatic carbocycles. The van der Waals surface area contributed by atoms with Gasteiger partial charge in [0.2, 0.25) is 0 Å². The van der Waals surface area contributed by atoms with Gasteiger partial charge in [0.1, 0.15) is 0 Å². The Hall–Kier alpha value is -1.30. The topological polar surface area (TPSA) is 95.7 Å². The number of carboxylic acids is 1. The van der Waals surface area contributed by atoms with Gasteiger partial charge in [-0.1, -0.05) is 0 Å². The molecule has 0 saturated carbocycles. The van der Waals surface area contributed by atoms with E-state index in [-0.39, 0.29) is 18.1 Å². The Morgan fingerprint density at radius 3 is 2.56 bits per heavy atom. The number of amides is 2. The second-order valence-electron chi connectivity index (χ2n) is 4.36. The summed E-state index contributed by atoms with van der Waals surface area (Å²) in [4.78, 5) is 24.0. The lowest BCUT2D eigenvalue weighted by Gasteiger charge is -2.22. The highest BCUT2D eigenvalue weighted by atomic mass is 16.4. The molecule has 0 aliphatic carbocycles. The van der Waals surface area contributed by atoms with Gasteiger partial charge in [0, 0.05) is 25.2 Å². The quantitative estimate of drug-likeness (QED) is 0.626. The van der Waals surface area contributed by atoms with Crippen molar-refractivity contribution in [2.45, 2.75) is 32.4 Å². The molecule has 0 spiro atoms. The summed E-state index contributed by atoms with van der Waals surface area (Å²) in [6, 6.07) is -0.576. The Bertz CT molecular complexity index is 282. The summed E-state index contributed by atoms with van der Waals surface area (Å²) in [5, 5.41) is 11.5. The van der Waals surface area contributed by atoms with E-state index < -0.39 is 11.9 Å². The van der Waals surface area contributed by atoms with Crippen molar-refractivity contribution < 1.29 is 14.7 Å². The predicted molar refractivity (Wildman–Crippen MR) is 59.0 cm³/mol. The Morgan fingerprint density at radius 1 is 1.50 bits per heavy atom. The average Bonchev–Trinajstić information content (AvgIpc) is 2.63. The Balaban J connectivity index is 2.42. The van der Waals surface area contributed by atoms with Crippen LogP contribution in [0.25, 0.3) is 0 Å². The summed E-state index contributed by atoms with van der Waals surface area (Å²) in [6.07, 6.45) is 0.802. The van der Waals surface area contributed by atoms with Crippen molar-refractivity contribution >= 4 is 12.0 Å². The molecule has 1 heterocycles. The first kappa shape index (κ1) is 12.8. The number of urea groups is 1. The molecule has 6 nitrogen and oxygen atoms in total. The lowest BCUT2D eigenvalue weighted by atomic mass is 10.0. The van der Waals surface area contributed by atoms with Crippen LogP contribution in [0.5, 0.6) is 0 Å². The number of likely N-dealkylation sites (tertiary alicyclic amines) is 1. The molecule has 1 saturated heterocycles. The predicted octanol–water partition coefficient (Wildman–Crippen LogP) is -0.162. The minimum atomic E-state index is -0.911. The van der Waals surface area contributed by atoms with Gasteiger partial charge in [-0.2, -0.15) is 0 Å². The van der Waals surface area contributed by atoms with E-state index in [1.807, 2.05) is 0 Å². The molecule has 3 atom stereocenters. The molecule has 0 aromatic heterocycles. The van der Waals surface area contributed by atoms with E-state index >= 15 is 0 Å². The normalized spacial score (nSPS) is 23.9. The third kappa shape index (κ3) is 3.10. The van der Waals surface area contributed by atoms with Crippen LogP contribution in [-0.2, 0) is 4.79 Å². The Labute approximate surface area is 94.8 Å². The van der Waals surface area contributed by atoms with E-state index in [9.17, 15) is 9.59 Å². The fraction of sp³-hybridized carbons (Fsp3) is 0.800. The van der Waals surface area contributed by atoms with Crippen molar-refractivity contribution in [2.75, 3.05) is 13.1 Å². The minimum absolute atomic E-state index is 0.0398. The molecule has 1 aliphatic rings. The van der Waals surface area contributed by atoms with Crippen LogP contribution in [0.2, 0.25) is 0 Å². The van der Waals surface area contributed by atoms with Gasteiger partial charge < -0.3 is 21.1 Å². The summed E-state index contributed by atoms with van der Waals surface area (Å²) < 4.78 is 0. The molecular weight excluding hydrogens is 210 g/mol. The van der Waals surface area contributed by atoms with Crippen LogP contribution < -0.4 is 11.1 Å². The molecule has 16 heavy (non-hydrogen) atoms. The largest absolute Gasteiger partial charge is 0.481 e. The van der Waals surface area contributed by atoms with Crippen molar-refractivity contribution in [3.63, 3.8) is 0 Å². The lowest BCUT2D eigenvalue weighted by molar-refractivity contribution is -0.141. The Kier molecular flexibility index (Phi) is 4.12. The van der Waals surface area contributed by atoms with Gasteiger partial charge in [-0.25, -0.2) is 4.79 Å². The fourth-order valence-corrected chi connectivity index (χ4v) is 1.60. The zero-order chi connectivity index (χ0) is 12.3. The number of carboxylic acid groups (broad SMARTS) is 1. The van der Waals surface area contributed by atoms with Gasteiger partial charge in [-0.15, -0.1) is 0 Å². The third-order valence-corrected chi connectivity index (χ3v) is 3.00. The van der Waals surface area contributed by atoms with Crippen molar-refractivity contribution in [2.24, 2.45) is 11.7 Å². The van der Waals surface area contributed by atoms with Gasteiger partial charge in [0.05, 0.1) is 5.92 Å². The van der Waals surface area contributed by atoms with Crippen LogP contribution in [0.1, 0.15) is 20.3 Å². The Morgan fingerprint density at radius 2 is 2.12 bits per heavy atom. The van der Waals surface area contributed by atoms with Crippen molar-refractivity contribution in [1.29, 1.82) is 0 Å². The van der Waals surface area contributed by atoms with Gasteiger partial charge in [0.25, 0.3) is 0 Å². The monoisotopic (exact) mass is 229 g/mol. The van der Waals surface area contributed by atoms with E-state index in [0.717, 1.165) is 6.42 Å². The van der Waals surface area contributed by atoms with Crippen LogP contribution in [0, 0.1) is 5.92 Å². The number of nitrogens with two attached hydrogens (primary N) is 1. The fourth-order valence-electron chi connectivity index (χ4n) is 1.60. The number of rotatable bonds is 3. The van der Waals surface area contributed by atoms with E-state index in [1.54, 1.807) is 18.7 Å². The molecule has 0 bridgehead atoms. The molecule has 1 rings (SSSR count). The molecule has 6 heteroatoms. The number of carbonyl (C=O) groups is 2. The van der Waals surface area contributed by atoms with Gasteiger partial charge >= 0.3 is 12.0 Å². The lowest BCUT2D eigenvalue weighted by Crippen LogP contribution is -2.47. The summed E-state index contributed by atoms with van der Waals surface area (Å²) in [5.74, 6) is -1.51. The van der Waals surface area contributed by atoms with E-state index in [2.05, 4.69) is 5.32 Å². The first-order valence-electron chi connectivity index (χ1n) is 5.45. The SMILES string of the molecule is CC(NC(=O)N1CCC(N)C1)C(C)C(=O)O. The standard InChI is InChI=1S/C10H19N3O3/c1-6(9(14)15)7(2)12-10(16)13-4-3-8(11)5-13/h6-8H,3-5,11H2,1-2H3,(H,12,16)(H,14,15). The highest BCUT2D eigenvalue weighted by Crippen LogP contribution is 2.08. The van der Waals surface area contributed by atoms with Gasteiger partial charge in [-0.3, -0.25) is 4.79 Å². The molecule has 0 aromatic rings. The van der Waals surface area contributed by atoms with E-state index in [1.165, 1.54) is 0 Å². The summed E-state index contributed by atoms with van der Waals surface area (Å²) in [6.45, 7) is 4.44. The van der Waals surface area contributed by atoms with Crippen molar-refractivity contribution in [3.05, 3.63) is 0 Å². The number of aliphatic carboxylic acids is 1. The zero-order valence-corrected chi connectivity index (χ0v) is 9.64. The molecule has 92 valence electrons. The smallest absolute Gasteiger partial charge is 0.317 e. The number of hydrogen-bond donors (Lipinski definition) is 3. The second-order valence-corrected chi connectivity index (χ2v) is 4.36. The molecule has 2 amide bonds. The highest BCUT2D eigenvalue weighted by molar-refractivity contribution is 5.76. The summed E-state index contributed by atoms with van der Waals surface area (Å²) >= 11 is 0. The van der Waals surface area contributed by atoms with Crippen LogP contribution >= 0.6 is 0 Å². The first-order chi connectivity index (χ1) is 7.41. The van der Waals surface area contributed by atoms with Crippen molar-refractivity contribution in [1.82, 2.24) is 10.2 Å². The number of nitrogens with one attached hydrogen (secondary N) is 1. The van der Waals surface area contributed by atoms with E-state index in [4.69, 9.17) is 10.8 Å². The number of carbonyl (C=O) groups excluding carboxylic acids is 1. The molecule has 3 unspecified atom stereocenters. The van der Waals surface area contributed by atoms with Gasteiger partial charge in [0.15, 0.2) is 0 Å². The average molecular weight is 229 g/mol. The van der Waals surface area contributed by atoms with Crippen LogP contribution in [0.3, 0.4) is 0 Å². The molecular formula is C10H19N3O3. The molecule has 0 radical (unpaired) electrons. The molecule has 1 aliphatic heterocycles. The van der Waals surface area contributed by atoms with Gasteiger partial charge in [-0.05, 0) is 20.3 Å². The third-order valence-electron chi connectivity index (χ3n) is 3.00. The van der Waals surface area contributed by atoms with Crippen molar-refractivity contribution in [3.8, 4) is 0 Å². The van der Waals surface area contributed by atoms with E-state index in [0.29, 0.717) is 13.1 Å². The minimum Gasteiger partial charge on any atom is -0.481 e.